The van der Waals surface area contributed by atoms with Gasteiger partial charge in [0.15, 0.2) is 0 Å². The Morgan fingerprint density at radius 2 is 1.88 bits per heavy atom. The van der Waals surface area contributed by atoms with Crippen molar-refractivity contribution in [2.24, 2.45) is 0 Å². The summed E-state index contributed by atoms with van der Waals surface area (Å²) in [5, 5.41) is 15.3. The molecule has 0 radical (unpaired) electrons. The lowest BCUT2D eigenvalue weighted by molar-refractivity contribution is 0.476. The van der Waals surface area contributed by atoms with E-state index in [9.17, 15) is 5.11 Å². The fourth-order valence-electron chi connectivity index (χ4n) is 1.97. The number of phenolic OH excluding ortho intramolecular Hbond substituents is 1. The first-order chi connectivity index (χ1) is 8.25. The molecular weight excluding hydrogens is 248 g/mol. The summed E-state index contributed by atoms with van der Waals surface area (Å²) >= 11 is 3.42. The number of aryl methyl sites for hydroxylation is 1. The second-order valence-electron chi connectivity index (χ2n) is 4.11. The average molecular weight is 260 g/mol. The topological polar surface area (TPSA) is 20.2 Å². The van der Waals surface area contributed by atoms with Crippen LogP contribution in [-0.2, 0) is 6.42 Å². The van der Waals surface area contributed by atoms with Gasteiger partial charge < -0.3 is 5.11 Å². The quantitative estimate of drug-likeness (QED) is 0.715. The monoisotopic (exact) mass is 260 g/mol. The standard InChI is InChI=1S/C14H12OS2/c1-9-4-6-17-13(9)8-10-2-3-12-11(14(10)15)5-7-16-12/h2-7,15H,8H2,1H3. The summed E-state index contributed by atoms with van der Waals surface area (Å²) < 4.78 is 1.15. The Balaban J connectivity index is 2.06. The van der Waals surface area contributed by atoms with Crippen LogP contribution in [0.3, 0.4) is 0 Å². The SMILES string of the molecule is Cc1ccsc1Cc1ccc2sccc2c1O. The summed E-state index contributed by atoms with van der Waals surface area (Å²) in [5.74, 6) is 0.441. The minimum absolute atomic E-state index is 0.441. The summed E-state index contributed by atoms with van der Waals surface area (Å²) in [6.45, 7) is 2.12. The second kappa shape index (κ2) is 4.17. The zero-order chi connectivity index (χ0) is 11.8. The van der Waals surface area contributed by atoms with E-state index < -0.39 is 0 Å². The van der Waals surface area contributed by atoms with Gasteiger partial charge >= 0.3 is 0 Å². The first-order valence-corrected chi connectivity index (χ1v) is 7.22. The van der Waals surface area contributed by atoms with Crippen LogP contribution in [0, 0.1) is 6.92 Å². The van der Waals surface area contributed by atoms with Gasteiger partial charge in [-0.25, -0.2) is 0 Å². The summed E-state index contributed by atoms with van der Waals surface area (Å²) in [7, 11) is 0. The highest BCUT2D eigenvalue weighted by Crippen LogP contribution is 2.34. The maximum Gasteiger partial charge on any atom is 0.127 e. The number of thiophene rings is 2. The highest BCUT2D eigenvalue weighted by atomic mass is 32.1. The van der Waals surface area contributed by atoms with Gasteiger partial charge in [0.25, 0.3) is 0 Å². The summed E-state index contributed by atoms with van der Waals surface area (Å²) in [4.78, 5) is 1.33. The zero-order valence-corrected chi connectivity index (χ0v) is 11.1. The normalized spacial score (nSPS) is 11.1. The van der Waals surface area contributed by atoms with E-state index in [4.69, 9.17) is 0 Å². The smallest absolute Gasteiger partial charge is 0.127 e. The van der Waals surface area contributed by atoms with Crippen molar-refractivity contribution in [2.75, 3.05) is 0 Å². The number of hydrogen-bond acceptors (Lipinski definition) is 3. The van der Waals surface area contributed by atoms with Crippen LogP contribution in [0.2, 0.25) is 0 Å². The first-order valence-electron chi connectivity index (χ1n) is 5.47. The van der Waals surface area contributed by atoms with E-state index in [1.165, 1.54) is 10.4 Å². The maximum absolute atomic E-state index is 10.2. The Hall–Kier alpha value is -1.32. The van der Waals surface area contributed by atoms with Gasteiger partial charge in [0.1, 0.15) is 5.75 Å². The maximum atomic E-state index is 10.2. The van der Waals surface area contributed by atoms with Gasteiger partial charge in [0.2, 0.25) is 0 Å². The molecule has 0 aliphatic rings. The number of phenols is 1. The Bertz CT molecular complexity index is 664. The number of hydrogen-bond donors (Lipinski definition) is 1. The van der Waals surface area contributed by atoms with Crippen LogP contribution < -0.4 is 0 Å². The van der Waals surface area contributed by atoms with E-state index in [2.05, 4.69) is 24.4 Å². The lowest BCUT2D eigenvalue weighted by atomic mass is 10.1. The molecule has 2 heterocycles. The van der Waals surface area contributed by atoms with Crippen LogP contribution in [0.4, 0.5) is 0 Å². The van der Waals surface area contributed by atoms with Crippen LogP contribution in [-0.4, -0.2) is 5.11 Å². The third kappa shape index (κ3) is 1.85. The van der Waals surface area contributed by atoms with Crippen LogP contribution in [0.5, 0.6) is 5.75 Å². The molecule has 0 atom stereocenters. The van der Waals surface area contributed by atoms with Crippen molar-refractivity contribution in [3.05, 3.63) is 51.0 Å². The first kappa shape index (κ1) is 10.8. The van der Waals surface area contributed by atoms with Crippen LogP contribution >= 0.6 is 22.7 Å². The number of fused-ring (bicyclic) bond motifs is 1. The fourth-order valence-corrected chi connectivity index (χ4v) is 3.69. The highest BCUT2D eigenvalue weighted by Gasteiger charge is 2.09. The van der Waals surface area contributed by atoms with Crippen LogP contribution in [0.1, 0.15) is 16.0 Å². The predicted molar refractivity (Wildman–Crippen MR) is 75.4 cm³/mol. The molecule has 1 N–H and O–H groups in total. The Kier molecular flexibility index (Phi) is 2.65. The fraction of sp³-hybridized carbons (Fsp3) is 0.143. The summed E-state index contributed by atoms with van der Waals surface area (Å²) in [6.07, 6.45) is 0.821. The predicted octanol–water partition coefficient (Wildman–Crippen LogP) is 4.57. The molecule has 1 nitrogen and oxygen atoms in total. The molecule has 3 heteroatoms. The van der Waals surface area contributed by atoms with Crippen molar-refractivity contribution >= 4 is 32.8 Å². The Labute approximate surface area is 108 Å². The van der Waals surface area contributed by atoms with E-state index in [1.807, 2.05) is 17.5 Å². The van der Waals surface area contributed by atoms with E-state index in [1.54, 1.807) is 22.7 Å². The molecule has 0 bridgehead atoms. The van der Waals surface area contributed by atoms with Crippen LogP contribution in [0.25, 0.3) is 10.1 Å². The number of rotatable bonds is 2. The van der Waals surface area contributed by atoms with Gasteiger partial charge in [-0.05, 0) is 47.0 Å². The van der Waals surface area contributed by atoms with Gasteiger partial charge in [0, 0.05) is 21.4 Å². The van der Waals surface area contributed by atoms with Crippen molar-refractivity contribution in [3.63, 3.8) is 0 Å². The zero-order valence-electron chi connectivity index (χ0n) is 9.43. The number of aromatic hydroxyl groups is 1. The molecule has 0 spiro atoms. The third-order valence-electron chi connectivity index (χ3n) is 3.01. The number of benzene rings is 1. The summed E-state index contributed by atoms with van der Waals surface area (Å²) in [5.41, 5.74) is 2.32. The van der Waals surface area contributed by atoms with Crippen molar-refractivity contribution in [2.45, 2.75) is 13.3 Å². The highest BCUT2D eigenvalue weighted by molar-refractivity contribution is 7.17. The molecule has 0 aliphatic heterocycles. The second-order valence-corrected chi connectivity index (χ2v) is 6.06. The molecule has 3 aromatic rings. The summed E-state index contributed by atoms with van der Waals surface area (Å²) in [6, 6.07) is 8.24. The molecule has 0 saturated heterocycles. The largest absolute Gasteiger partial charge is 0.507 e. The molecule has 3 rings (SSSR count). The molecule has 0 fully saturated rings. The van der Waals surface area contributed by atoms with Crippen molar-refractivity contribution < 1.29 is 5.11 Å². The molecule has 0 unspecified atom stereocenters. The molecule has 1 aromatic carbocycles. The van der Waals surface area contributed by atoms with Gasteiger partial charge in [-0.3, -0.25) is 0 Å². The van der Waals surface area contributed by atoms with Gasteiger partial charge in [0.05, 0.1) is 0 Å². The van der Waals surface area contributed by atoms with E-state index in [-0.39, 0.29) is 0 Å². The van der Waals surface area contributed by atoms with Crippen molar-refractivity contribution in [3.8, 4) is 5.75 Å². The molecule has 0 amide bonds. The van der Waals surface area contributed by atoms with Crippen molar-refractivity contribution in [1.29, 1.82) is 0 Å². The minimum Gasteiger partial charge on any atom is -0.507 e. The van der Waals surface area contributed by atoms with E-state index in [0.29, 0.717) is 5.75 Å². The minimum atomic E-state index is 0.441. The Morgan fingerprint density at radius 1 is 1.06 bits per heavy atom. The molecule has 0 aliphatic carbocycles. The van der Waals surface area contributed by atoms with E-state index >= 15 is 0 Å². The van der Waals surface area contributed by atoms with Gasteiger partial charge in [-0.2, -0.15) is 0 Å². The average Bonchev–Trinajstić information content (AvgIpc) is 2.92. The third-order valence-corrected chi connectivity index (χ3v) is 4.91. The molecule has 0 saturated carbocycles. The molecule has 17 heavy (non-hydrogen) atoms. The van der Waals surface area contributed by atoms with Gasteiger partial charge in [-0.1, -0.05) is 6.07 Å². The van der Waals surface area contributed by atoms with Gasteiger partial charge in [-0.15, -0.1) is 22.7 Å². The molecule has 2 aromatic heterocycles. The van der Waals surface area contributed by atoms with Crippen molar-refractivity contribution in [1.82, 2.24) is 0 Å². The lowest BCUT2D eigenvalue weighted by Gasteiger charge is -2.05. The lowest BCUT2D eigenvalue weighted by Crippen LogP contribution is -1.87. The molecular formula is C14H12OS2. The molecule has 86 valence electrons. The van der Waals surface area contributed by atoms with Crippen LogP contribution in [0.15, 0.2) is 35.0 Å². The Morgan fingerprint density at radius 3 is 2.65 bits per heavy atom. The van der Waals surface area contributed by atoms with E-state index in [0.717, 1.165) is 22.1 Å².